The Morgan fingerprint density at radius 1 is 1.23 bits per heavy atom. The molecule has 1 fully saturated rings. The number of hydrogen-bond donors (Lipinski definition) is 1. The van der Waals surface area contributed by atoms with Crippen molar-refractivity contribution in [3.63, 3.8) is 0 Å². The normalized spacial score (nSPS) is 15.3. The summed E-state index contributed by atoms with van der Waals surface area (Å²) in [6.45, 7) is 9.85. The average molecular weight is 451 g/mol. The van der Waals surface area contributed by atoms with Crippen molar-refractivity contribution in [3.8, 4) is 5.75 Å². The van der Waals surface area contributed by atoms with Crippen LogP contribution in [0.5, 0.6) is 5.75 Å². The topological polar surface area (TPSA) is 103 Å². The number of amides is 1. The summed E-state index contributed by atoms with van der Waals surface area (Å²) in [5.74, 6) is 0.0999. The highest BCUT2D eigenvalue weighted by atomic mass is 32.2. The number of benzene rings is 1. The van der Waals surface area contributed by atoms with Crippen LogP contribution >= 0.6 is 0 Å². The van der Waals surface area contributed by atoms with E-state index in [1.54, 1.807) is 29.8 Å². The van der Waals surface area contributed by atoms with Gasteiger partial charge in [0.1, 0.15) is 16.3 Å². The first-order valence-electron chi connectivity index (χ1n) is 10.5. The van der Waals surface area contributed by atoms with Gasteiger partial charge in [-0.15, -0.1) is 0 Å². The number of carbonyl (C=O) groups excluding carboxylic acids is 1. The van der Waals surface area contributed by atoms with E-state index in [2.05, 4.69) is 10.4 Å². The molecule has 1 aliphatic rings. The van der Waals surface area contributed by atoms with E-state index in [1.807, 2.05) is 20.8 Å². The summed E-state index contributed by atoms with van der Waals surface area (Å²) >= 11 is 0. The summed E-state index contributed by atoms with van der Waals surface area (Å²) in [7, 11) is -3.80. The molecule has 31 heavy (non-hydrogen) atoms. The van der Waals surface area contributed by atoms with Crippen molar-refractivity contribution in [1.29, 1.82) is 0 Å². The number of nitrogens with zero attached hydrogens (tertiary/aromatic N) is 3. The van der Waals surface area contributed by atoms with E-state index in [0.717, 1.165) is 5.69 Å². The number of anilines is 1. The molecule has 1 aliphatic heterocycles. The zero-order chi connectivity index (χ0) is 22.6. The van der Waals surface area contributed by atoms with E-state index in [4.69, 9.17) is 9.47 Å². The van der Waals surface area contributed by atoms with Gasteiger partial charge in [-0.3, -0.25) is 9.48 Å². The molecule has 2 aromatic rings. The third-order valence-corrected chi connectivity index (χ3v) is 6.93. The zero-order valence-electron chi connectivity index (χ0n) is 18.4. The van der Waals surface area contributed by atoms with Crippen LogP contribution in [0, 0.1) is 0 Å². The molecule has 1 aromatic carbocycles. The molecule has 9 nitrogen and oxygen atoms in total. The van der Waals surface area contributed by atoms with Gasteiger partial charge in [0, 0.05) is 25.3 Å². The minimum absolute atomic E-state index is 0.0286. The van der Waals surface area contributed by atoms with E-state index in [1.165, 1.54) is 10.4 Å². The van der Waals surface area contributed by atoms with Crippen molar-refractivity contribution in [1.82, 2.24) is 14.1 Å². The molecule has 0 saturated carbocycles. The predicted molar refractivity (Wildman–Crippen MR) is 117 cm³/mol. The molecule has 0 atom stereocenters. The lowest BCUT2D eigenvalue weighted by molar-refractivity contribution is 0.0729. The molecule has 170 valence electrons. The number of sulfonamides is 1. The number of morpholine rings is 1. The molecule has 1 amide bonds. The van der Waals surface area contributed by atoms with Gasteiger partial charge in [-0.05, 0) is 44.0 Å². The van der Waals surface area contributed by atoms with Crippen LogP contribution < -0.4 is 10.1 Å². The molecule has 0 radical (unpaired) electrons. The minimum atomic E-state index is -3.80. The summed E-state index contributed by atoms with van der Waals surface area (Å²) in [5.41, 5.74) is 1.63. The quantitative estimate of drug-likeness (QED) is 0.663. The van der Waals surface area contributed by atoms with E-state index < -0.39 is 10.0 Å². The second-order valence-corrected chi connectivity index (χ2v) is 9.40. The molecule has 1 N–H and O–H groups in total. The molecular formula is C21H30N4O5S. The third kappa shape index (κ3) is 5.08. The molecule has 2 heterocycles. The lowest BCUT2D eigenvalue weighted by Gasteiger charge is -2.27. The number of rotatable bonds is 8. The first kappa shape index (κ1) is 23.2. The van der Waals surface area contributed by atoms with Gasteiger partial charge in [0.25, 0.3) is 5.91 Å². The lowest BCUT2D eigenvalue weighted by atomic mass is 10.1. The summed E-state index contributed by atoms with van der Waals surface area (Å²) < 4.78 is 40.3. The van der Waals surface area contributed by atoms with Crippen molar-refractivity contribution >= 4 is 21.6 Å². The maximum atomic E-state index is 13.2. The van der Waals surface area contributed by atoms with Gasteiger partial charge in [0.15, 0.2) is 0 Å². The molecular weight excluding hydrogens is 420 g/mol. The molecule has 0 spiro atoms. The van der Waals surface area contributed by atoms with Gasteiger partial charge in [0.05, 0.1) is 25.5 Å². The molecule has 3 rings (SSSR count). The van der Waals surface area contributed by atoms with Gasteiger partial charge in [-0.1, -0.05) is 13.8 Å². The SMILES string of the molecule is CCOc1ccc(NC(=O)c2cc(C(C)C)nn2CC)cc1S(=O)(=O)N1CCOCC1. The Labute approximate surface area is 183 Å². The van der Waals surface area contributed by atoms with Gasteiger partial charge in [-0.2, -0.15) is 9.40 Å². The van der Waals surface area contributed by atoms with Crippen LogP contribution in [-0.4, -0.2) is 61.3 Å². The zero-order valence-corrected chi connectivity index (χ0v) is 19.2. The number of aromatic nitrogens is 2. The number of aryl methyl sites for hydroxylation is 1. The molecule has 10 heteroatoms. The van der Waals surface area contributed by atoms with Crippen molar-refractivity contribution in [2.24, 2.45) is 0 Å². The summed E-state index contributed by atoms with van der Waals surface area (Å²) in [4.78, 5) is 13.0. The molecule has 1 aromatic heterocycles. The molecule has 1 saturated heterocycles. The maximum absolute atomic E-state index is 13.2. The average Bonchev–Trinajstić information content (AvgIpc) is 3.20. The fourth-order valence-electron chi connectivity index (χ4n) is 3.33. The smallest absolute Gasteiger partial charge is 0.273 e. The van der Waals surface area contributed by atoms with E-state index in [9.17, 15) is 13.2 Å². The van der Waals surface area contributed by atoms with Crippen molar-refractivity contribution in [3.05, 3.63) is 35.7 Å². The Morgan fingerprint density at radius 3 is 2.55 bits per heavy atom. The predicted octanol–water partition coefficient (Wildman–Crippen LogP) is 2.70. The Hall–Kier alpha value is -2.43. The van der Waals surface area contributed by atoms with Crippen molar-refractivity contribution in [2.45, 2.75) is 45.1 Å². The largest absolute Gasteiger partial charge is 0.492 e. The monoisotopic (exact) mass is 450 g/mol. The van der Waals surface area contributed by atoms with Crippen LogP contribution in [0.1, 0.15) is 49.8 Å². The molecule has 0 unspecified atom stereocenters. The Kier molecular flexibility index (Phi) is 7.34. The standard InChI is InChI=1S/C21H30N4O5S/c1-5-25-18(14-17(23-25)15(3)4)21(26)22-16-7-8-19(30-6-2)20(13-16)31(27,28)24-9-11-29-12-10-24/h7-8,13-15H,5-6,9-12H2,1-4H3,(H,22,26). The van der Waals surface area contributed by atoms with Gasteiger partial charge in [-0.25, -0.2) is 8.42 Å². The highest BCUT2D eigenvalue weighted by Crippen LogP contribution is 2.31. The maximum Gasteiger partial charge on any atom is 0.273 e. The first-order valence-corrected chi connectivity index (χ1v) is 12.0. The Bertz CT molecular complexity index is 1030. The van der Waals surface area contributed by atoms with E-state index in [-0.39, 0.29) is 35.6 Å². The molecule has 0 bridgehead atoms. The van der Waals surface area contributed by atoms with Crippen molar-refractivity contribution in [2.75, 3.05) is 38.2 Å². The number of ether oxygens (including phenoxy) is 2. The van der Waals surface area contributed by atoms with E-state index >= 15 is 0 Å². The Balaban J connectivity index is 1.92. The number of hydrogen-bond acceptors (Lipinski definition) is 6. The fourth-order valence-corrected chi connectivity index (χ4v) is 4.89. The van der Waals surface area contributed by atoms with Gasteiger partial charge >= 0.3 is 0 Å². The second kappa shape index (κ2) is 9.80. The summed E-state index contributed by atoms with van der Waals surface area (Å²) in [5, 5.41) is 7.28. The van der Waals surface area contributed by atoms with Gasteiger partial charge < -0.3 is 14.8 Å². The highest BCUT2D eigenvalue weighted by Gasteiger charge is 2.30. The molecule has 0 aliphatic carbocycles. The highest BCUT2D eigenvalue weighted by molar-refractivity contribution is 7.89. The van der Waals surface area contributed by atoms with Crippen LogP contribution in [0.4, 0.5) is 5.69 Å². The van der Waals surface area contributed by atoms with Crippen molar-refractivity contribution < 1.29 is 22.7 Å². The van der Waals surface area contributed by atoms with Crippen LogP contribution in [0.3, 0.4) is 0 Å². The summed E-state index contributed by atoms with van der Waals surface area (Å²) in [6, 6.07) is 6.42. The summed E-state index contributed by atoms with van der Waals surface area (Å²) in [6.07, 6.45) is 0. The third-order valence-electron chi connectivity index (χ3n) is 5.01. The van der Waals surface area contributed by atoms with Crippen LogP contribution in [0.15, 0.2) is 29.2 Å². The van der Waals surface area contributed by atoms with Crippen LogP contribution in [-0.2, 0) is 21.3 Å². The van der Waals surface area contributed by atoms with Gasteiger partial charge in [0.2, 0.25) is 10.0 Å². The fraction of sp³-hybridized carbons (Fsp3) is 0.524. The number of carbonyl (C=O) groups is 1. The van der Waals surface area contributed by atoms with Crippen LogP contribution in [0.2, 0.25) is 0 Å². The first-order chi connectivity index (χ1) is 14.8. The second-order valence-electron chi connectivity index (χ2n) is 7.49. The Morgan fingerprint density at radius 2 is 1.94 bits per heavy atom. The number of nitrogens with one attached hydrogen (secondary N) is 1. The lowest BCUT2D eigenvalue weighted by Crippen LogP contribution is -2.40. The van der Waals surface area contributed by atoms with E-state index in [0.29, 0.717) is 37.7 Å². The van der Waals surface area contributed by atoms with Crippen LogP contribution in [0.25, 0.3) is 0 Å². The minimum Gasteiger partial charge on any atom is -0.492 e.